The van der Waals surface area contributed by atoms with Crippen molar-refractivity contribution in [1.29, 1.82) is 0 Å². The molecule has 25 heavy (non-hydrogen) atoms. The molecule has 1 heterocycles. The minimum absolute atomic E-state index is 0.0876. The Balaban J connectivity index is 1.46. The number of ether oxygens (including phenoxy) is 1. The Morgan fingerprint density at radius 1 is 1.12 bits per heavy atom. The van der Waals surface area contributed by atoms with Gasteiger partial charge in [-0.2, -0.15) is 0 Å². The number of benzene rings is 2. The number of aryl methyl sites for hydroxylation is 2. The molecule has 1 N–H and O–H groups in total. The molecule has 0 aromatic heterocycles. The van der Waals surface area contributed by atoms with E-state index >= 15 is 0 Å². The van der Waals surface area contributed by atoms with Gasteiger partial charge in [-0.05, 0) is 49.3 Å². The molecule has 1 amide bonds. The second-order valence-corrected chi connectivity index (χ2v) is 7.38. The van der Waals surface area contributed by atoms with Crippen molar-refractivity contribution in [3.63, 3.8) is 0 Å². The van der Waals surface area contributed by atoms with Gasteiger partial charge in [0.1, 0.15) is 0 Å². The van der Waals surface area contributed by atoms with Crippen LogP contribution in [0.5, 0.6) is 0 Å². The monoisotopic (exact) mass is 338 g/mol. The largest absolute Gasteiger partial charge is 0.378 e. The van der Waals surface area contributed by atoms with E-state index in [1.807, 2.05) is 0 Å². The first-order chi connectivity index (χ1) is 12.1. The number of nitrogens with zero attached hydrogens (tertiary/aromatic N) is 1. The van der Waals surface area contributed by atoms with E-state index in [1.165, 1.54) is 21.9 Å². The summed E-state index contributed by atoms with van der Waals surface area (Å²) < 4.78 is 5.56. The molecule has 2 aromatic carbocycles. The summed E-state index contributed by atoms with van der Waals surface area (Å²) in [5, 5.41) is 5.66. The highest BCUT2D eigenvalue weighted by Gasteiger charge is 2.25. The van der Waals surface area contributed by atoms with Crippen molar-refractivity contribution >= 4 is 22.4 Å². The molecule has 4 nitrogen and oxygen atoms in total. The Labute approximate surface area is 149 Å². The fourth-order valence-electron chi connectivity index (χ4n) is 4.28. The number of carbonyl (C=O) groups is 1. The number of hydrogen-bond acceptors (Lipinski definition) is 3. The maximum Gasteiger partial charge on any atom is 0.225 e. The molecule has 2 unspecified atom stereocenters. The zero-order valence-corrected chi connectivity index (χ0v) is 15.0. The second-order valence-electron chi connectivity index (χ2n) is 7.38. The first-order valence-electron chi connectivity index (χ1n) is 9.30. The van der Waals surface area contributed by atoms with E-state index < -0.39 is 0 Å². The van der Waals surface area contributed by atoms with E-state index in [-0.39, 0.29) is 5.91 Å². The van der Waals surface area contributed by atoms with Crippen LogP contribution in [0.4, 0.5) is 5.69 Å². The standard InChI is InChI=1S/C21H26N2O2/c1-14-12-25-13-15(2)23(14)11-10-20(24)22-19-9-8-17-7-6-16-4-3-5-18(19)21(16)17/h3-5,8-9,14-15H,6-7,10-13H2,1-2H3,(H,22,24). The lowest BCUT2D eigenvalue weighted by molar-refractivity contribution is -0.117. The smallest absolute Gasteiger partial charge is 0.225 e. The minimum atomic E-state index is 0.0876. The normalized spacial score (nSPS) is 23.1. The second kappa shape index (κ2) is 6.77. The van der Waals surface area contributed by atoms with Crippen LogP contribution in [0.3, 0.4) is 0 Å². The summed E-state index contributed by atoms with van der Waals surface area (Å²) in [6.07, 6.45) is 2.73. The average Bonchev–Trinajstić information content (AvgIpc) is 3.02. The summed E-state index contributed by atoms with van der Waals surface area (Å²) in [6, 6.07) is 11.4. The van der Waals surface area contributed by atoms with Gasteiger partial charge in [0.15, 0.2) is 0 Å². The van der Waals surface area contributed by atoms with Gasteiger partial charge in [-0.15, -0.1) is 0 Å². The van der Waals surface area contributed by atoms with Gasteiger partial charge in [0.2, 0.25) is 5.91 Å². The van der Waals surface area contributed by atoms with E-state index in [4.69, 9.17) is 4.74 Å². The fraction of sp³-hybridized carbons (Fsp3) is 0.476. The van der Waals surface area contributed by atoms with Crippen LogP contribution >= 0.6 is 0 Å². The lowest BCUT2D eigenvalue weighted by atomic mass is 10.0. The van der Waals surface area contributed by atoms with E-state index in [0.717, 1.165) is 38.3 Å². The summed E-state index contributed by atoms with van der Waals surface area (Å²) in [7, 11) is 0. The van der Waals surface area contributed by atoms with Crippen LogP contribution in [0.1, 0.15) is 31.4 Å². The Morgan fingerprint density at radius 3 is 2.60 bits per heavy atom. The van der Waals surface area contributed by atoms with Crippen LogP contribution in [0, 0.1) is 0 Å². The van der Waals surface area contributed by atoms with Gasteiger partial charge in [-0.1, -0.05) is 24.3 Å². The minimum Gasteiger partial charge on any atom is -0.378 e. The number of hydrogen-bond donors (Lipinski definition) is 1. The van der Waals surface area contributed by atoms with Gasteiger partial charge in [0.25, 0.3) is 0 Å². The van der Waals surface area contributed by atoms with Gasteiger partial charge in [0, 0.05) is 36.1 Å². The highest BCUT2D eigenvalue weighted by molar-refractivity contribution is 6.05. The van der Waals surface area contributed by atoms with Gasteiger partial charge < -0.3 is 10.1 Å². The van der Waals surface area contributed by atoms with Gasteiger partial charge in [-0.3, -0.25) is 9.69 Å². The topological polar surface area (TPSA) is 41.6 Å². The van der Waals surface area contributed by atoms with Crippen LogP contribution in [0.2, 0.25) is 0 Å². The van der Waals surface area contributed by atoms with E-state index in [2.05, 4.69) is 54.4 Å². The molecular formula is C21H26N2O2. The summed E-state index contributed by atoms with van der Waals surface area (Å²) >= 11 is 0. The lowest BCUT2D eigenvalue weighted by Crippen LogP contribution is -2.50. The number of anilines is 1. The van der Waals surface area contributed by atoms with Crippen LogP contribution in [-0.2, 0) is 22.4 Å². The van der Waals surface area contributed by atoms with Gasteiger partial charge >= 0.3 is 0 Å². The van der Waals surface area contributed by atoms with Crippen molar-refractivity contribution in [3.05, 3.63) is 41.5 Å². The third-order valence-corrected chi connectivity index (χ3v) is 5.60. The quantitative estimate of drug-likeness (QED) is 0.929. The Hall–Kier alpha value is -1.91. The Kier molecular flexibility index (Phi) is 4.48. The molecule has 0 spiro atoms. The number of morpholine rings is 1. The Bertz CT molecular complexity index is 782. The number of rotatable bonds is 4. The SMILES string of the molecule is CC1COCC(C)N1CCC(=O)Nc1ccc2c3c(cccc13)CC2. The van der Waals surface area contributed by atoms with Crippen molar-refractivity contribution in [2.75, 3.05) is 25.1 Å². The lowest BCUT2D eigenvalue weighted by Gasteiger charge is -2.38. The molecule has 1 fully saturated rings. The summed E-state index contributed by atoms with van der Waals surface area (Å²) in [6.45, 7) is 6.61. The van der Waals surface area contributed by atoms with Crippen molar-refractivity contribution in [2.45, 2.75) is 45.2 Å². The molecule has 1 aliphatic carbocycles. The van der Waals surface area contributed by atoms with E-state index in [1.54, 1.807) is 0 Å². The molecule has 0 bridgehead atoms. The molecule has 4 heteroatoms. The molecular weight excluding hydrogens is 312 g/mol. The van der Waals surface area contributed by atoms with E-state index in [9.17, 15) is 4.79 Å². The highest BCUT2D eigenvalue weighted by Crippen LogP contribution is 2.35. The third-order valence-electron chi connectivity index (χ3n) is 5.60. The van der Waals surface area contributed by atoms with Crippen molar-refractivity contribution in [1.82, 2.24) is 4.90 Å². The predicted octanol–water partition coefficient (Wildman–Crippen LogP) is 3.38. The predicted molar refractivity (Wildman–Crippen MR) is 101 cm³/mol. The molecule has 4 rings (SSSR count). The number of amides is 1. The number of nitrogens with one attached hydrogen (secondary N) is 1. The van der Waals surface area contributed by atoms with Crippen LogP contribution in [0.15, 0.2) is 30.3 Å². The average molecular weight is 338 g/mol. The highest BCUT2D eigenvalue weighted by atomic mass is 16.5. The molecule has 0 saturated carbocycles. The van der Waals surface area contributed by atoms with Crippen molar-refractivity contribution < 1.29 is 9.53 Å². The zero-order chi connectivity index (χ0) is 17.4. The molecule has 1 aliphatic heterocycles. The zero-order valence-electron chi connectivity index (χ0n) is 15.0. The summed E-state index contributed by atoms with van der Waals surface area (Å²) in [4.78, 5) is 14.9. The molecule has 2 aromatic rings. The fourth-order valence-corrected chi connectivity index (χ4v) is 4.28. The molecule has 132 valence electrons. The molecule has 2 aliphatic rings. The summed E-state index contributed by atoms with van der Waals surface area (Å²) in [5.41, 5.74) is 3.75. The van der Waals surface area contributed by atoms with Crippen molar-refractivity contribution in [2.24, 2.45) is 0 Å². The first-order valence-corrected chi connectivity index (χ1v) is 9.30. The van der Waals surface area contributed by atoms with Crippen LogP contribution in [0.25, 0.3) is 10.8 Å². The Morgan fingerprint density at radius 2 is 1.84 bits per heavy atom. The van der Waals surface area contributed by atoms with Crippen molar-refractivity contribution in [3.8, 4) is 0 Å². The van der Waals surface area contributed by atoms with E-state index in [0.29, 0.717) is 18.5 Å². The van der Waals surface area contributed by atoms with Gasteiger partial charge in [-0.25, -0.2) is 0 Å². The third kappa shape index (κ3) is 3.16. The maximum atomic E-state index is 12.5. The van der Waals surface area contributed by atoms with Crippen LogP contribution < -0.4 is 5.32 Å². The maximum absolute atomic E-state index is 12.5. The van der Waals surface area contributed by atoms with Gasteiger partial charge in [0.05, 0.1) is 13.2 Å². The van der Waals surface area contributed by atoms with Crippen LogP contribution in [-0.4, -0.2) is 42.6 Å². The molecule has 0 radical (unpaired) electrons. The molecule has 1 saturated heterocycles. The summed E-state index contributed by atoms with van der Waals surface area (Å²) in [5.74, 6) is 0.0876. The first kappa shape index (κ1) is 16.6. The molecule has 2 atom stereocenters. The number of carbonyl (C=O) groups excluding carboxylic acids is 1.